The third kappa shape index (κ3) is 2.27. The zero-order chi connectivity index (χ0) is 12.8. The summed E-state index contributed by atoms with van der Waals surface area (Å²) in [6, 6.07) is 1.44. The van der Waals surface area contributed by atoms with Crippen LogP contribution in [-0.2, 0) is 0 Å². The van der Waals surface area contributed by atoms with Crippen LogP contribution >= 0.6 is 0 Å². The average Bonchev–Trinajstić information content (AvgIpc) is 2.93. The molecule has 1 nitrogen and oxygen atoms in total. The van der Waals surface area contributed by atoms with Gasteiger partial charge in [-0.05, 0) is 55.8 Å². The third-order valence-electron chi connectivity index (χ3n) is 5.94. The minimum atomic E-state index is 0.500. The van der Waals surface area contributed by atoms with E-state index in [0.29, 0.717) is 11.5 Å². The van der Waals surface area contributed by atoms with E-state index in [2.05, 4.69) is 38.2 Å². The molecule has 0 radical (unpaired) electrons. The largest absolute Gasteiger partial charge is 0.311 e. The first-order valence-corrected chi connectivity index (χ1v) is 8.00. The van der Waals surface area contributed by atoms with Gasteiger partial charge in [0.15, 0.2) is 0 Å². The van der Waals surface area contributed by atoms with Gasteiger partial charge in [0.25, 0.3) is 0 Å². The predicted molar refractivity (Wildman–Crippen MR) is 77.5 cm³/mol. The Bertz CT molecular complexity index is 331. The van der Waals surface area contributed by atoms with E-state index in [1.807, 2.05) is 0 Å². The van der Waals surface area contributed by atoms with E-state index < -0.39 is 0 Å². The summed E-state index contributed by atoms with van der Waals surface area (Å²) < 4.78 is 0. The smallest absolute Gasteiger partial charge is 0.0121 e. The Balaban J connectivity index is 1.60. The van der Waals surface area contributed by atoms with Crippen LogP contribution in [-0.4, -0.2) is 12.1 Å². The van der Waals surface area contributed by atoms with Gasteiger partial charge in [0, 0.05) is 12.1 Å². The molecule has 2 fully saturated rings. The Morgan fingerprint density at radius 2 is 2.00 bits per heavy atom. The maximum atomic E-state index is 4.00. The second-order valence-corrected chi connectivity index (χ2v) is 7.69. The Morgan fingerprint density at radius 3 is 2.61 bits per heavy atom. The summed E-state index contributed by atoms with van der Waals surface area (Å²) in [4.78, 5) is 0. The molecule has 2 saturated carbocycles. The molecule has 0 heterocycles. The molecule has 5 unspecified atom stereocenters. The first-order chi connectivity index (χ1) is 8.56. The second kappa shape index (κ2) is 4.67. The second-order valence-electron chi connectivity index (χ2n) is 7.69. The van der Waals surface area contributed by atoms with Crippen LogP contribution < -0.4 is 5.32 Å². The standard InChI is InChI=1S/C17H29N/c1-12(15-11-13-7-8-14(15)10-13)18-16-6-4-5-9-17(16,2)3/h7-8,12-16,18H,4-6,9-11H2,1-3H3. The molecule has 3 aliphatic rings. The van der Waals surface area contributed by atoms with Crippen LogP contribution in [0.3, 0.4) is 0 Å². The molecule has 102 valence electrons. The van der Waals surface area contributed by atoms with Crippen molar-refractivity contribution < 1.29 is 0 Å². The van der Waals surface area contributed by atoms with E-state index in [9.17, 15) is 0 Å². The van der Waals surface area contributed by atoms with Crippen molar-refractivity contribution in [1.29, 1.82) is 0 Å². The summed E-state index contributed by atoms with van der Waals surface area (Å²) in [6.07, 6.45) is 13.4. The van der Waals surface area contributed by atoms with E-state index in [4.69, 9.17) is 0 Å². The quantitative estimate of drug-likeness (QED) is 0.739. The van der Waals surface area contributed by atoms with Crippen molar-refractivity contribution in [3.8, 4) is 0 Å². The molecule has 5 atom stereocenters. The lowest BCUT2D eigenvalue weighted by Crippen LogP contribution is -2.50. The first-order valence-electron chi connectivity index (χ1n) is 8.00. The highest BCUT2D eigenvalue weighted by Gasteiger charge is 2.40. The van der Waals surface area contributed by atoms with Crippen LogP contribution in [0.1, 0.15) is 59.3 Å². The number of allylic oxidation sites excluding steroid dienone is 2. The van der Waals surface area contributed by atoms with E-state index in [1.165, 1.54) is 38.5 Å². The van der Waals surface area contributed by atoms with Gasteiger partial charge in [0.1, 0.15) is 0 Å². The van der Waals surface area contributed by atoms with Crippen molar-refractivity contribution in [1.82, 2.24) is 5.32 Å². The lowest BCUT2D eigenvalue weighted by molar-refractivity contribution is 0.141. The highest BCUT2D eigenvalue weighted by molar-refractivity contribution is 5.12. The number of fused-ring (bicyclic) bond motifs is 2. The van der Waals surface area contributed by atoms with Gasteiger partial charge in [-0.2, -0.15) is 0 Å². The molecule has 18 heavy (non-hydrogen) atoms. The van der Waals surface area contributed by atoms with Gasteiger partial charge in [0.05, 0.1) is 0 Å². The normalized spacial score (nSPS) is 43.3. The van der Waals surface area contributed by atoms with Crippen molar-refractivity contribution in [2.75, 3.05) is 0 Å². The SMILES string of the molecule is CC(NC1CCCCC1(C)C)C1CC2C=CC1C2. The summed E-state index contributed by atoms with van der Waals surface area (Å²) in [5, 5.41) is 4.00. The Hall–Kier alpha value is -0.300. The molecule has 0 spiro atoms. The summed E-state index contributed by atoms with van der Waals surface area (Å²) in [7, 11) is 0. The van der Waals surface area contributed by atoms with Crippen molar-refractivity contribution in [3.63, 3.8) is 0 Å². The topological polar surface area (TPSA) is 12.0 Å². The Kier molecular flexibility index (Phi) is 3.30. The first kappa shape index (κ1) is 12.7. The average molecular weight is 247 g/mol. The summed E-state index contributed by atoms with van der Waals surface area (Å²) >= 11 is 0. The van der Waals surface area contributed by atoms with E-state index in [1.54, 1.807) is 0 Å². The fourth-order valence-electron chi connectivity index (χ4n) is 4.64. The van der Waals surface area contributed by atoms with Crippen LogP contribution in [0.2, 0.25) is 0 Å². The van der Waals surface area contributed by atoms with Gasteiger partial charge in [-0.1, -0.05) is 38.8 Å². The molecule has 1 N–H and O–H groups in total. The van der Waals surface area contributed by atoms with Crippen molar-refractivity contribution >= 4 is 0 Å². The lowest BCUT2D eigenvalue weighted by Gasteiger charge is -2.42. The predicted octanol–water partition coefficient (Wildman–Crippen LogP) is 4.15. The molecular weight excluding hydrogens is 218 g/mol. The van der Waals surface area contributed by atoms with Crippen LogP contribution in [0.4, 0.5) is 0 Å². The number of hydrogen-bond acceptors (Lipinski definition) is 1. The minimum absolute atomic E-state index is 0.500. The van der Waals surface area contributed by atoms with Gasteiger partial charge in [-0.15, -0.1) is 0 Å². The molecule has 0 saturated heterocycles. The summed E-state index contributed by atoms with van der Waals surface area (Å²) in [5.41, 5.74) is 0.500. The molecular formula is C17H29N. The van der Waals surface area contributed by atoms with Crippen molar-refractivity contribution in [3.05, 3.63) is 12.2 Å². The molecule has 2 bridgehead atoms. The number of nitrogens with one attached hydrogen (secondary N) is 1. The maximum Gasteiger partial charge on any atom is 0.0121 e. The third-order valence-corrected chi connectivity index (χ3v) is 5.94. The summed E-state index contributed by atoms with van der Waals surface area (Å²) in [6.45, 7) is 7.35. The highest BCUT2D eigenvalue weighted by Crippen LogP contribution is 2.45. The molecule has 0 aromatic heterocycles. The Labute approximate surface area is 112 Å². The van der Waals surface area contributed by atoms with Crippen LogP contribution in [0, 0.1) is 23.2 Å². The van der Waals surface area contributed by atoms with Gasteiger partial charge in [0.2, 0.25) is 0 Å². The maximum absolute atomic E-state index is 4.00. The minimum Gasteiger partial charge on any atom is -0.311 e. The van der Waals surface area contributed by atoms with Crippen molar-refractivity contribution in [2.45, 2.75) is 71.4 Å². The zero-order valence-electron chi connectivity index (χ0n) is 12.3. The molecule has 1 heteroatoms. The van der Waals surface area contributed by atoms with Crippen LogP contribution in [0.25, 0.3) is 0 Å². The lowest BCUT2D eigenvalue weighted by atomic mass is 9.72. The van der Waals surface area contributed by atoms with Gasteiger partial charge < -0.3 is 5.32 Å². The number of rotatable bonds is 3. The van der Waals surface area contributed by atoms with Gasteiger partial charge >= 0.3 is 0 Å². The van der Waals surface area contributed by atoms with E-state index >= 15 is 0 Å². The van der Waals surface area contributed by atoms with E-state index in [-0.39, 0.29) is 0 Å². The van der Waals surface area contributed by atoms with Crippen LogP contribution in [0.15, 0.2) is 12.2 Å². The summed E-state index contributed by atoms with van der Waals surface area (Å²) in [5.74, 6) is 2.69. The van der Waals surface area contributed by atoms with Gasteiger partial charge in [-0.3, -0.25) is 0 Å². The fourth-order valence-corrected chi connectivity index (χ4v) is 4.64. The number of hydrogen-bond donors (Lipinski definition) is 1. The molecule has 0 amide bonds. The van der Waals surface area contributed by atoms with Crippen molar-refractivity contribution in [2.24, 2.45) is 23.2 Å². The Morgan fingerprint density at radius 1 is 1.17 bits per heavy atom. The van der Waals surface area contributed by atoms with E-state index in [0.717, 1.165) is 23.8 Å². The molecule has 3 aliphatic carbocycles. The highest BCUT2D eigenvalue weighted by atomic mass is 15.0. The van der Waals surface area contributed by atoms with Crippen LogP contribution in [0.5, 0.6) is 0 Å². The van der Waals surface area contributed by atoms with Gasteiger partial charge in [-0.25, -0.2) is 0 Å². The fraction of sp³-hybridized carbons (Fsp3) is 0.882. The zero-order valence-corrected chi connectivity index (χ0v) is 12.3. The molecule has 0 aromatic carbocycles. The molecule has 3 rings (SSSR count). The molecule has 0 aliphatic heterocycles. The monoisotopic (exact) mass is 247 g/mol. The molecule has 0 aromatic rings.